The lowest BCUT2D eigenvalue weighted by Gasteiger charge is -2.46. The van der Waals surface area contributed by atoms with Crippen molar-refractivity contribution in [2.75, 3.05) is 40.3 Å². The van der Waals surface area contributed by atoms with E-state index in [0.717, 1.165) is 10.9 Å². The maximum absolute atomic E-state index is 12.7. The number of carboxylic acids is 1. The number of aliphatic carboxylic acids is 1. The van der Waals surface area contributed by atoms with Crippen molar-refractivity contribution in [3.05, 3.63) is 10.6 Å². The summed E-state index contributed by atoms with van der Waals surface area (Å²) in [6.45, 7) is 7.19. The van der Waals surface area contributed by atoms with Crippen LogP contribution in [0.25, 0.3) is 0 Å². The van der Waals surface area contributed by atoms with Gasteiger partial charge in [0.1, 0.15) is 5.70 Å². The normalized spacial score (nSPS) is 34.1. The highest BCUT2D eigenvalue weighted by Crippen LogP contribution is 2.51. The highest BCUT2D eigenvalue weighted by molar-refractivity contribution is 8.03. The van der Waals surface area contributed by atoms with Gasteiger partial charge in [0, 0.05) is 29.2 Å². The first-order valence-corrected chi connectivity index (χ1v) is 13.4. The number of aliphatic hydroxyl groups is 1. The van der Waals surface area contributed by atoms with E-state index >= 15 is 0 Å². The molecule has 6 atom stereocenters. The average molecular weight is 496 g/mol. The van der Waals surface area contributed by atoms with Gasteiger partial charge in [-0.15, -0.1) is 11.8 Å². The summed E-state index contributed by atoms with van der Waals surface area (Å²) >= 11 is 1.47. The van der Waals surface area contributed by atoms with Crippen LogP contribution in [0, 0.1) is 17.8 Å². The van der Waals surface area contributed by atoms with Gasteiger partial charge in [0.2, 0.25) is 11.8 Å². The molecule has 34 heavy (non-hydrogen) atoms. The maximum atomic E-state index is 12.7. The molecule has 0 aromatic carbocycles. The number of hydrogen-bond donors (Lipinski definition) is 4. The van der Waals surface area contributed by atoms with Gasteiger partial charge in [0.15, 0.2) is 0 Å². The standard InChI is InChI=1S/C24H38N4O5S/c1-13-19-18(14(2)29)23(31)27(19)20(24(32)33)21(13)34-16-11-17(26-12-16)22(30)25-8-5-15-6-9-28(3,4)10-7-15/h13-19,26,29H,5-12H2,1-4H3,(H-,25,30,32,33)/p+1/t13-,14-,16+,17+,18-,19-/m1/s1. The lowest BCUT2D eigenvalue weighted by atomic mass is 9.79. The number of carboxylic acid groups (broad SMARTS) is 1. The van der Waals surface area contributed by atoms with E-state index in [9.17, 15) is 24.6 Å². The Morgan fingerprint density at radius 1 is 1.29 bits per heavy atom. The van der Waals surface area contributed by atoms with Gasteiger partial charge in [-0.1, -0.05) is 6.92 Å². The number of aliphatic hydroxyl groups excluding tert-OH is 1. The van der Waals surface area contributed by atoms with Crippen LogP contribution in [0.15, 0.2) is 10.6 Å². The molecule has 4 heterocycles. The fourth-order valence-electron chi connectivity index (χ4n) is 5.98. The van der Waals surface area contributed by atoms with Crippen molar-refractivity contribution in [2.45, 2.75) is 63.0 Å². The van der Waals surface area contributed by atoms with E-state index in [1.165, 1.54) is 42.6 Å². The second-order valence-corrected chi connectivity index (χ2v) is 12.5. The summed E-state index contributed by atoms with van der Waals surface area (Å²) in [6, 6.07) is -0.590. The third-order valence-electron chi connectivity index (χ3n) is 8.15. The number of β-lactam (4-membered cyclic amide) rings is 1. The number of carbonyl (C=O) groups is 3. The predicted molar refractivity (Wildman–Crippen MR) is 130 cm³/mol. The molecule has 2 amide bonds. The monoisotopic (exact) mass is 495 g/mol. The van der Waals surface area contributed by atoms with Crippen LogP contribution in [0.3, 0.4) is 0 Å². The van der Waals surface area contributed by atoms with Gasteiger partial charge in [-0.25, -0.2) is 4.79 Å². The summed E-state index contributed by atoms with van der Waals surface area (Å²) in [5.74, 6) is -1.45. The lowest BCUT2D eigenvalue weighted by molar-refractivity contribution is -0.896. The van der Waals surface area contributed by atoms with Gasteiger partial charge in [-0.05, 0) is 38.5 Å². The van der Waals surface area contributed by atoms with Crippen molar-refractivity contribution in [1.29, 1.82) is 0 Å². The van der Waals surface area contributed by atoms with Crippen LogP contribution in [0.5, 0.6) is 0 Å². The maximum Gasteiger partial charge on any atom is 0.353 e. The van der Waals surface area contributed by atoms with Gasteiger partial charge >= 0.3 is 5.97 Å². The van der Waals surface area contributed by atoms with Crippen LogP contribution in [-0.2, 0) is 14.4 Å². The number of carbonyl (C=O) groups excluding carboxylic acids is 2. The van der Waals surface area contributed by atoms with Gasteiger partial charge in [-0.2, -0.15) is 0 Å². The number of amides is 2. The van der Waals surface area contributed by atoms with E-state index in [1.54, 1.807) is 6.92 Å². The molecule has 0 radical (unpaired) electrons. The molecular weight excluding hydrogens is 456 g/mol. The molecule has 0 unspecified atom stereocenters. The number of hydrogen-bond acceptors (Lipinski definition) is 6. The van der Waals surface area contributed by atoms with E-state index in [4.69, 9.17) is 0 Å². The lowest BCUT2D eigenvalue weighted by Crippen LogP contribution is -2.63. The zero-order valence-electron chi connectivity index (χ0n) is 20.6. The van der Waals surface area contributed by atoms with E-state index in [1.807, 2.05) is 6.92 Å². The van der Waals surface area contributed by atoms with Crippen molar-refractivity contribution in [3.8, 4) is 0 Å². The van der Waals surface area contributed by atoms with Gasteiger partial charge in [0.05, 0.1) is 51.3 Å². The van der Waals surface area contributed by atoms with Gasteiger partial charge < -0.3 is 30.2 Å². The SMILES string of the molecule is C[C@@H](O)[C@H]1C(=O)N2C(C(=O)O)=C(S[C@@H]3CN[C@H](C(=O)NCCC4CC[N+](C)(C)CC4)C3)[C@H](C)[C@H]12. The van der Waals surface area contributed by atoms with Crippen molar-refractivity contribution in [3.63, 3.8) is 0 Å². The van der Waals surface area contributed by atoms with Crippen molar-refractivity contribution in [1.82, 2.24) is 15.5 Å². The molecule has 0 spiro atoms. The highest BCUT2D eigenvalue weighted by atomic mass is 32.2. The van der Waals surface area contributed by atoms with Crippen LogP contribution in [0.1, 0.15) is 39.5 Å². The summed E-state index contributed by atoms with van der Waals surface area (Å²) in [5, 5.41) is 26.2. The fourth-order valence-corrected chi connectivity index (χ4v) is 7.46. The molecule has 190 valence electrons. The number of thioether (sulfide) groups is 1. The van der Waals surface area contributed by atoms with Crippen LogP contribution in [0.2, 0.25) is 0 Å². The minimum absolute atomic E-state index is 0.00935. The first-order chi connectivity index (χ1) is 16.0. The summed E-state index contributed by atoms with van der Waals surface area (Å²) in [6.07, 6.45) is 3.24. The topological polar surface area (TPSA) is 119 Å². The van der Waals surface area contributed by atoms with Crippen LogP contribution in [-0.4, -0.2) is 101 Å². The molecule has 10 heteroatoms. The molecule has 0 bridgehead atoms. The first kappa shape index (κ1) is 25.5. The number of piperidine rings is 1. The predicted octanol–water partition coefficient (Wildman–Crippen LogP) is 0.597. The third kappa shape index (κ3) is 4.87. The Kier molecular flexibility index (Phi) is 7.34. The Morgan fingerprint density at radius 2 is 1.97 bits per heavy atom. The smallest absolute Gasteiger partial charge is 0.353 e. The van der Waals surface area contributed by atoms with Crippen molar-refractivity contribution < 1.29 is 29.1 Å². The number of quaternary nitrogens is 1. The highest BCUT2D eigenvalue weighted by Gasteiger charge is 2.60. The van der Waals surface area contributed by atoms with E-state index < -0.39 is 18.0 Å². The zero-order chi connectivity index (χ0) is 24.8. The van der Waals surface area contributed by atoms with E-state index in [0.29, 0.717) is 30.3 Å². The number of rotatable bonds is 8. The van der Waals surface area contributed by atoms with Crippen LogP contribution in [0.4, 0.5) is 0 Å². The number of nitrogens with zero attached hydrogens (tertiary/aromatic N) is 2. The second-order valence-electron chi connectivity index (χ2n) is 11.1. The Morgan fingerprint density at radius 3 is 2.59 bits per heavy atom. The molecule has 9 nitrogen and oxygen atoms in total. The average Bonchev–Trinajstić information content (AvgIpc) is 3.31. The Labute approximate surface area is 205 Å². The first-order valence-electron chi connectivity index (χ1n) is 12.5. The van der Waals surface area contributed by atoms with Gasteiger partial charge in [0.25, 0.3) is 0 Å². The van der Waals surface area contributed by atoms with E-state index in [2.05, 4.69) is 24.7 Å². The summed E-state index contributed by atoms with van der Waals surface area (Å²) < 4.78 is 1.08. The van der Waals surface area contributed by atoms with Crippen LogP contribution >= 0.6 is 11.8 Å². The Bertz CT molecular complexity index is 865. The summed E-state index contributed by atoms with van der Waals surface area (Å²) in [4.78, 5) is 39.2. The molecule has 0 saturated carbocycles. The Hall–Kier alpha value is -1.62. The summed E-state index contributed by atoms with van der Waals surface area (Å²) in [5.41, 5.74) is 0.0478. The van der Waals surface area contributed by atoms with Crippen molar-refractivity contribution >= 4 is 29.5 Å². The Balaban J connectivity index is 1.28. The zero-order valence-corrected chi connectivity index (χ0v) is 21.4. The molecule has 4 rings (SSSR count). The fraction of sp³-hybridized carbons (Fsp3) is 0.792. The van der Waals surface area contributed by atoms with Crippen molar-refractivity contribution in [2.24, 2.45) is 17.8 Å². The quantitative estimate of drug-likeness (QED) is 0.288. The molecule has 4 aliphatic rings. The number of fused-ring (bicyclic) bond motifs is 1. The molecule has 3 fully saturated rings. The number of likely N-dealkylation sites (tertiary alicyclic amines) is 1. The van der Waals surface area contributed by atoms with Crippen LogP contribution < -0.4 is 10.6 Å². The molecule has 4 aliphatic heterocycles. The molecule has 3 saturated heterocycles. The third-order valence-corrected chi connectivity index (χ3v) is 9.66. The van der Waals surface area contributed by atoms with E-state index in [-0.39, 0.29) is 40.8 Å². The van der Waals surface area contributed by atoms with Gasteiger partial charge in [-0.3, -0.25) is 9.59 Å². The molecular formula is C24H39N4O5S+. The molecule has 0 aromatic rings. The molecule has 0 aromatic heterocycles. The summed E-state index contributed by atoms with van der Waals surface area (Å²) in [7, 11) is 4.54. The second kappa shape index (κ2) is 9.79. The number of nitrogens with one attached hydrogen (secondary N) is 2. The largest absolute Gasteiger partial charge is 0.477 e. The minimum atomic E-state index is -1.11. The molecule has 4 N–H and O–H groups in total. The minimum Gasteiger partial charge on any atom is -0.477 e. The molecule has 0 aliphatic carbocycles.